The molecule has 1 fully saturated rings. The van der Waals surface area contributed by atoms with Crippen LogP contribution in [0.1, 0.15) is 29.6 Å². The highest BCUT2D eigenvalue weighted by Crippen LogP contribution is 2.29. The highest BCUT2D eigenvalue weighted by molar-refractivity contribution is 9.09. The number of amides is 1. The van der Waals surface area contributed by atoms with Gasteiger partial charge in [0.15, 0.2) is 5.75 Å². The first kappa shape index (κ1) is 15.8. The molecule has 114 valence electrons. The Morgan fingerprint density at radius 3 is 2.90 bits per heavy atom. The van der Waals surface area contributed by atoms with Gasteiger partial charge in [-0.25, -0.2) is 0 Å². The lowest BCUT2D eigenvalue weighted by atomic mass is 10.1. The molecule has 0 saturated heterocycles. The molecular weight excluding hydrogens is 340 g/mol. The summed E-state index contributed by atoms with van der Waals surface area (Å²) in [6.45, 7) is 0. The van der Waals surface area contributed by atoms with Gasteiger partial charge in [0.1, 0.15) is 0 Å². The molecule has 21 heavy (non-hydrogen) atoms. The molecule has 0 aromatic heterocycles. The zero-order chi connectivity index (χ0) is 15.4. The molecule has 0 aliphatic heterocycles. The lowest BCUT2D eigenvalue weighted by Crippen LogP contribution is -2.37. The van der Waals surface area contributed by atoms with Gasteiger partial charge < -0.3 is 10.1 Å². The minimum atomic E-state index is -0.549. The van der Waals surface area contributed by atoms with Crippen LogP contribution in [0.25, 0.3) is 0 Å². The number of benzene rings is 1. The van der Waals surface area contributed by atoms with Crippen molar-refractivity contribution in [1.29, 1.82) is 0 Å². The molecule has 1 aromatic rings. The molecule has 0 radical (unpaired) electrons. The van der Waals surface area contributed by atoms with Gasteiger partial charge in [0, 0.05) is 23.0 Å². The van der Waals surface area contributed by atoms with Gasteiger partial charge in [0.05, 0.1) is 12.0 Å². The van der Waals surface area contributed by atoms with Crippen LogP contribution in [0, 0.1) is 16.0 Å². The van der Waals surface area contributed by atoms with E-state index in [1.54, 1.807) is 6.07 Å². The number of alkyl halides is 1. The minimum absolute atomic E-state index is 0.123. The second-order valence-corrected chi connectivity index (χ2v) is 5.72. The molecule has 0 bridgehead atoms. The molecule has 2 rings (SSSR count). The van der Waals surface area contributed by atoms with E-state index in [2.05, 4.69) is 21.2 Å². The first-order chi connectivity index (χ1) is 10.1. The second-order valence-electron chi connectivity index (χ2n) is 5.07. The zero-order valence-electron chi connectivity index (χ0n) is 11.7. The van der Waals surface area contributed by atoms with Gasteiger partial charge in [-0.15, -0.1) is 0 Å². The van der Waals surface area contributed by atoms with Crippen molar-refractivity contribution >= 4 is 27.5 Å². The van der Waals surface area contributed by atoms with Crippen molar-refractivity contribution in [3.63, 3.8) is 0 Å². The number of nitro groups is 1. The van der Waals surface area contributed by atoms with E-state index in [0.29, 0.717) is 5.92 Å². The average molecular weight is 357 g/mol. The van der Waals surface area contributed by atoms with Gasteiger partial charge in [-0.2, -0.15) is 0 Å². The van der Waals surface area contributed by atoms with Crippen LogP contribution in [0.4, 0.5) is 5.69 Å². The third kappa shape index (κ3) is 3.53. The van der Waals surface area contributed by atoms with Crippen molar-refractivity contribution < 1.29 is 14.5 Å². The Bertz CT molecular complexity index is 550. The summed E-state index contributed by atoms with van der Waals surface area (Å²) < 4.78 is 4.93. The van der Waals surface area contributed by atoms with Crippen molar-refractivity contribution in [1.82, 2.24) is 5.32 Å². The van der Waals surface area contributed by atoms with Gasteiger partial charge in [0.25, 0.3) is 5.91 Å². The van der Waals surface area contributed by atoms with E-state index >= 15 is 0 Å². The summed E-state index contributed by atoms with van der Waals surface area (Å²) in [6.07, 6.45) is 3.11. The van der Waals surface area contributed by atoms with E-state index in [0.717, 1.165) is 24.6 Å². The number of carbonyl (C=O) groups is 1. The summed E-state index contributed by atoms with van der Waals surface area (Å²) in [5, 5.41) is 14.8. The Balaban J connectivity index is 2.16. The SMILES string of the molecule is COc1ccc(C(=O)NC2CCCC2CBr)cc1[N+](=O)[O-]. The monoisotopic (exact) mass is 356 g/mol. The summed E-state index contributed by atoms with van der Waals surface area (Å²) in [5.74, 6) is 0.288. The van der Waals surface area contributed by atoms with Crippen molar-refractivity contribution in [3.05, 3.63) is 33.9 Å². The van der Waals surface area contributed by atoms with Crippen LogP contribution in [-0.4, -0.2) is 29.3 Å². The third-order valence-electron chi connectivity index (χ3n) is 3.81. The summed E-state index contributed by atoms with van der Waals surface area (Å²) in [4.78, 5) is 22.7. The van der Waals surface area contributed by atoms with Gasteiger partial charge >= 0.3 is 5.69 Å². The summed E-state index contributed by atoms with van der Waals surface area (Å²) in [7, 11) is 1.36. The summed E-state index contributed by atoms with van der Waals surface area (Å²) >= 11 is 3.46. The van der Waals surface area contributed by atoms with Crippen molar-refractivity contribution in [2.75, 3.05) is 12.4 Å². The van der Waals surface area contributed by atoms with Crippen LogP contribution in [0.3, 0.4) is 0 Å². The summed E-state index contributed by atoms with van der Waals surface area (Å²) in [6, 6.07) is 4.37. The standard InChI is InChI=1S/C14H17BrN2O4/c1-21-13-6-5-9(7-12(13)17(19)20)14(18)16-11-4-2-3-10(11)8-15/h5-7,10-11H,2-4,8H2,1H3,(H,16,18). The van der Waals surface area contributed by atoms with Gasteiger partial charge in [-0.05, 0) is 30.9 Å². The van der Waals surface area contributed by atoms with Crippen molar-refractivity contribution in [2.45, 2.75) is 25.3 Å². The first-order valence-electron chi connectivity index (χ1n) is 6.76. The highest BCUT2D eigenvalue weighted by atomic mass is 79.9. The number of hydrogen-bond acceptors (Lipinski definition) is 4. The van der Waals surface area contributed by atoms with E-state index in [1.165, 1.54) is 19.2 Å². The number of methoxy groups -OCH3 is 1. The molecule has 1 saturated carbocycles. The van der Waals surface area contributed by atoms with Crippen LogP contribution < -0.4 is 10.1 Å². The molecule has 1 N–H and O–H groups in total. The quantitative estimate of drug-likeness (QED) is 0.499. The van der Waals surface area contributed by atoms with Crippen LogP contribution in [0.2, 0.25) is 0 Å². The largest absolute Gasteiger partial charge is 0.490 e. The fourth-order valence-electron chi connectivity index (χ4n) is 2.64. The number of ether oxygens (including phenoxy) is 1. The molecule has 0 heterocycles. The van der Waals surface area contributed by atoms with Crippen molar-refractivity contribution in [2.24, 2.45) is 5.92 Å². The van der Waals surface area contributed by atoms with Crippen LogP contribution in [0.5, 0.6) is 5.75 Å². The molecule has 0 spiro atoms. The maximum Gasteiger partial charge on any atom is 0.311 e. The van der Waals surface area contributed by atoms with Crippen LogP contribution in [-0.2, 0) is 0 Å². The molecule has 1 aromatic carbocycles. The lowest BCUT2D eigenvalue weighted by Gasteiger charge is -2.19. The van der Waals surface area contributed by atoms with E-state index in [9.17, 15) is 14.9 Å². The normalized spacial score (nSPS) is 21.0. The van der Waals surface area contributed by atoms with Crippen LogP contribution >= 0.6 is 15.9 Å². The first-order valence-corrected chi connectivity index (χ1v) is 7.88. The van der Waals surface area contributed by atoms with Gasteiger partial charge in [-0.1, -0.05) is 22.4 Å². The Hall–Kier alpha value is -1.63. The Morgan fingerprint density at radius 2 is 2.29 bits per heavy atom. The smallest absolute Gasteiger partial charge is 0.311 e. The van der Waals surface area contributed by atoms with E-state index < -0.39 is 4.92 Å². The summed E-state index contributed by atoms with van der Waals surface area (Å²) in [5.41, 5.74) is 0.0799. The number of hydrogen-bond donors (Lipinski definition) is 1. The molecule has 1 aliphatic carbocycles. The fourth-order valence-corrected chi connectivity index (χ4v) is 3.41. The number of nitrogens with zero attached hydrogens (tertiary/aromatic N) is 1. The van der Waals surface area contributed by atoms with Gasteiger partial charge in [-0.3, -0.25) is 14.9 Å². The maximum atomic E-state index is 12.2. The number of nitro benzene ring substituents is 1. The highest BCUT2D eigenvalue weighted by Gasteiger charge is 2.28. The number of rotatable bonds is 5. The molecule has 7 heteroatoms. The second kappa shape index (κ2) is 6.89. The Kier molecular flexibility index (Phi) is 5.17. The minimum Gasteiger partial charge on any atom is -0.490 e. The fraction of sp³-hybridized carbons (Fsp3) is 0.500. The maximum absolute atomic E-state index is 12.2. The topological polar surface area (TPSA) is 81.5 Å². The Morgan fingerprint density at radius 1 is 1.52 bits per heavy atom. The zero-order valence-corrected chi connectivity index (χ0v) is 13.3. The van der Waals surface area contributed by atoms with Crippen molar-refractivity contribution in [3.8, 4) is 5.75 Å². The van der Waals surface area contributed by atoms with E-state index in [1.807, 2.05) is 0 Å². The predicted molar refractivity (Wildman–Crippen MR) is 82.0 cm³/mol. The molecule has 1 aliphatic rings. The molecule has 2 atom stereocenters. The van der Waals surface area contributed by atoms with Gasteiger partial charge in [0.2, 0.25) is 0 Å². The number of halogens is 1. The third-order valence-corrected chi connectivity index (χ3v) is 4.64. The number of carbonyl (C=O) groups excluding carboxylic acids is 1. The lowest BCUT2D eigenvalue weighted by molar-refractivity contribution is -0.385. The van der Waals surface area contributed by atoms with Crippen LogP contribution in [0.15, 0.2) is 18.2 Å². The van der Waals surface area contributed by atoms with E-state index in [4.69, 9.17) is 4.74 Å². The molecule has 1 amide bonds. The molecule has 6 nitrogen and oxygen atoms in total. The Labute approximate surface area is 131 Å². The van der Waals surface area contributed by atoms with E-state index in [-0.39, 0.29) is 28.9 Å². The molecular formula is C14H17BrN2O4. The average Bonchev–Trinajstić information content (AvgIpc) is 2.93. The molecule has 2 unspecified atom stereocenters. The predicted octanol–water partition coefficient (Wildman–Crippen LogP) is 2.90. The number of nitrogens with one attached hydrogen (secondary N) is 1.